The number of nitrogens with two attached hydrogens (primary N) is 1. The fourth-order valence-corrected chi connectivity index (χ4v) is 1.49. The predicted octanol–water partition coefficient (Wildman–Crippen LogP) is 0.795. The number of hydrogen-bond donors (Lipinski definition) is 1. The van der Waals surface area contributed by atoms with Gasteiger partial charge in [0, 0.05) is 12.3 Å². The molecular formula is C10H9N3O2. The molecule has 0 aliphatic carbocycles. The number of nitrogens with zero attached hydrogens (tertiary/aromatic N) is 2. The lowest BCUT2D eigenvalue weighted by Gasteiger charge is -1.94. The Kier molecular flexibility index (Phi) is 2.00. The van der Waals surface area contributed by atoms with Crippen molar-refractivity contribution >= 4 is 22.7 Å². The summed E-state index contributed by atoms with van der Waals surface area (Å²) in [4.78, 5) is 22.3. The second-order valence-electron chi connectivity index (χ2n) is 3.16. The molecule has 15 heavy (non-hydrogen) atoms. The maximum Gasteiger partial charge on any atom is 0.269 e. The lowest BCUT2D eigenvalue weighted by molar-refractivity contribution is 0.0925. The van der Waals surface area contributed by atoms with Crippen molar-refractivity contribution in [2.75, 3.05) is 0 Å². The highest BCUT2D eigenvalue weighted by Crippen LogP contribution is 2.17. The summed E-state index contributed by atoms with van der Waals surface area (Å²) in [6, 6.07) is 6.97. The van der Waals surface area contributed by atoms with Crippen LogP contribution in [0.1, 0.15) is 22.2 Å². The minimum absolute atomic E-state index is 0.126. The third kappa shape index (κ3) is 1.38. The zero-order valence-corrected chi connectivity index (χ0v) is 8.10. The SMILES string of the molecule is CC(=O)n1nc(C(N)=O)c2ccccc21. The van der Waals surface area contributed by atoms with E-state index in [1.807, 2.05) is 0 Å². The Morgan fingerprint density at radius 1 is 1.33 bits per heavy atom. The van der Waals surface area contributed by atoms with Crippen molar-refractivity contribution in [1.82, 2.24) is 9.78 Å². The van der Waals surface area contributed by atoms with Crippen molar-refractivity contribution in [3.8, 4) is 0 Å². The molecule has 2 rings (SSSR count). The first-order valence-electron chi connectivity index (χ1n) is 4.40. The number of primary amides is 1. The van der Waals surface area contributed by atoms with Crippen LogP contribution in [0, 0.1) is 0 Å². The summed E-state index contributed by atoms with van der Waals surface area (Å²) in [6.45, 7) is 1.38. The maximum absolute atomic E-state index is 11.2. The van der Waals surface area contributed by atoms with E-state index >= 15 is 0 Å². The highest BCUT2D eigenvalue weighted by atomic mass is 16.2. The average Bonchev–Trinajstić information content (AvgIpc) is 2.56. The number of fused-ring (bicyclic) bond motifs is 1. The molecule has 2 N–H and O–H groups in total. The van der Waals surface area contributed by atoms with Crippen molar-refractivity contribution in [1.29, 1.82) is 0 Å². The van der Waals surface area contributed by atoms with Crippen LogP contribution in [0.3, 0.4) is 0 Å². The van der Waals surface area contributed by atoms with E-state index in [0.29, 0.717) is 10.9 Å². The van der Waals surface area contributed by atoms with Crippen LogP contribution >= 0.6 is 0 Å². The van der Waals surface area contributed by atoms with Crippen LogP contribution in [0.5, 0.6) is 0 Å². The summed E-state index contributed by atoms with van der Waals surface area (Å²) in [5.41, 5.74) is 5.89. The molecule has 1 heterocycles. The number of benzene rings is 1. The second kappa shape index (κ2) is 3.20. The average molecular weight is 203 g/mol. The van der Waals surface area contributed by atoms with Gasteiger partial charge in [-0.15, -0.1) is 0 Å². The molecule has 5 heteroatoms. The fraction of sp³-hybridized carbons (Fsp3) is 0.100. The topological polar surface area (TPSA) is 78.0 Å². The highest BCUT2D eigenvalue weighted by molar-refractivity contribution is 6.06. The van der Waals surface area contributed by atoms with Crippen LogP contribution < -0.4 is 5.73 Å². The predicted molar refractivity (Wildman–Crippen MR) is 54.6 cm³/mol. The highest BCUT2D eigenvalue weighted by Gasteiger charge is 2.15. The Balaban J connectivity index is 2.85. The summed E-state index contributed by atoms with van der Waals surface area (Å²) in [7, 11) is 0. The Bertz CT molecular complexity index is 509. The van der Waals surface area contributed by atoms with Crippen molar-refractivity contribution < 1.29 is 9.59 Å². The summed E-state index contributed by atoms with van der Waals surface area (Å²) >= 11 is 0. The lowest BCUT2D eigenvalue weighted by atomic mass is 10.2. The number of carbonyl (C=O) groups is 2. The minimum Gasteiger partial charge on any atom is -0.364 e. The Morgan fingerprint density at radius 2 is 2.00 bits per heavy atom. The van der Waals surface area contributed by atoms with E-state index in [4.69, 9.17) is 5.73 Å². The van der Waals surface area contributed by atoms with E-state index in [2.05, 4.69) is 5.10 Å². The molecule has 0 spiro atoms. The Hall–Kier alpha value is -2.17. The summed E-state index contributed by atoms with van der Waals surface area (Å²) in [6.07, 6.45) is 0. The number of hydrogen-bond acceptors (Lipinski definition) is 3. The van der Waals surface area contributed by atoms with Gasteiger partial charge in [0.1, 0.15) is 0 Å². The molecule has 0 saturated heterocycles. The first-order valence-corrected chi connectivity index (χ1v) is 4.40. The normalized spacial score (nSPS) is 10.5. The standard InChI is InChI=1S/C10H9N3O2/c1-6(14)13-8-5-3-2-4-7(8)9(12-13)10(11)15/h2-5H,1H3,(H2,11,15). The molecule has 2 aromatic rings. The van der Waals surface area contributed by atoms with Gasteiger partial charge in [0.15, 0.2) is 5.69 Å². The minimum atomic E-state index is -0.633. The number of carbonyl (C=O) groups excluding carboxylic acids is 2. The zero-order chi connectivity index (χ0) is 11.0. The van der Waals surface area contributed by atoms with Gasteiger partial charge < -0.3 is 5.73 Å². The van der Waals surface area contributed by atoms with Crippen LogP contribution in [0.4, 0.5) is 0 Å². The molecule has 1 amide bonds. The Labute approximate surface area is 85.5 Å². The van der Waals surface area contributed by atoms with Gasteiger partial charge in [0.2, 0.25) is 5.91 Å². The third-order valence-corrected chi connectivity index (χ3v) is 2.12. The Morgan fingerprint density at radius 3 is 2.60 bits per heavy atom. The van der Waals surface area contributed by atoms with Gasteiger partial charge in [-0.05, 0) is 6.07 Å². The van der Waals surface area contributed by atoms with E-state index < -0.39 is 5.91 Å². The molecule has 0 unspecified atom stereocenters. The monoisotopic (exact) mass is 203 g/mol. The molecule has 1 aromatic carbocycles. The molecule has 0 atom stereocenters. The largest absolute Gasteiger partial charge is 0.364 e. The maximum atomic E-state index is 11.2. The molecule has 76 valence electrons. The van der Waals surface area contributed by atoms with E-state index in [1.54, 1.807) is 24.3 Å². The first-order chi connectivity index (χ1) is 7.11. The molecule has 5 nitrogen and oxygen atoms in total. The summed E-state index contributed by atoms with van der Waals surface area (Å²) < 4.78 is 1.18. The number of aromatic nitrogens is 2. The van der Waals surface area contributed by atoms with Crippen LogP contribution in [-0.4, -0.2) is 21.6 Å². The number of amides is 1. The molecule has 0 saturated carbocycles. The molecule has 0 radical (unpaired) electrons. The van der Waals surface area contributed by atoms with Crippen LogP contribution in [0.2, 0.25) is 0 Å². The quantitative estimate of drug-likeness (QED) is 0.744. The fourth-order valence-electron chi connectivity index (χ4n) is 1.49. The molecule has 1 aromatic heterocycles. The third-order valence-electron chi connectivity index (χ3n) is 2.12. The van der Waals surface area contributed by atoms with E-state index in [9.17, 15) is 9.59 Å². The van der Waals surface area contributed by atoms with E-state index in [0.717, 1.165) is 0 Å². The van der Waals surface area contributed by atoms with Gasteiger partial charge in [0.05, 0.1) is 5.52 Å². The van der Waals surface area contributed by atoms with Crippen molar-refractivity contribution in [2.45, 2.75) is 6.92 Å². The molecule has 0 fully saturated rings. The summed E-state index contributed by atoms with van der Waals surface area (Å²) in [5, 5.41) is 4.48. The van der Waals surface area contributed by atoms with Crippen LogP contribution in [0.25, 0.3) is 10.9 Å². The van der Waals surface area contributed by atoms with Crippen molar-refractivity contribution in [3.63, 3.8) is 0 Å². The van der Waals surface area contributed by atoms with Gasteiger partial charge in [-0.3, -0.25) is 9.59 Å². The van der Waals surface area contributed by atoms with E-state index in [-0.39, 0.29) is 11.6 Å². The second-order valence-corrected chi connectivity index (χ2v) is 3.16. The first kappa shape index (κ1) is 9.39. The van der Waals surface area contributed by atoms with Gasteiger partial charge in [-0.1, -0.05) is 18.2 Å². The zero-order valence-electron chi connectivity index (χ0n) is 8.10. The molecule has 0 aliphatic rings. The van der Waals surface area contributed by atoms with Gasteiger partial charge in [0.25, 0.3) is 5.91 Å². The van der Waals surface area contributed by atoms with Crippen LogP contribution in [0.15, 0.2) is 24.3 Å². The van der Waals surface area contributed by atoms with E-state index in [1.165, 1.54) is 11.6 Å². The van der Waals surface area contributed by atoms with Crippen LogP contribution in [-0.2, 0) is 0 Å². The molecule has 0 aliphatic heterocycles. The summed E-state index contributed by atoms with van der Waals surface area (Å²) in [5.74, 6) is -0.884. The van der Waals surface area contributed by atoms with Gasteiger partial charge in [-0.25, -0.2) is 0 Å². The lowest BCUT2D eigenvalue weighted by Crippen LogP contribution is -2.14. The van der Waals surface area contributed by atoms with Crippen molar-refractivity contribution in [3.05, 3.63) is 30.0 Å². The molecular weight excluding hydrogens is 194 g/mol. The number of rotatable bonds is 1. The molecule has 0 bridgehead atoms. The van der Waals surface area contributed by atoms with Gasteiger partial charge in [-0.2, -0.15) is 9.78 Å². The smallest absolute Gasteiger partial charge is 0.269 e. The van der Waals surface area contributed by atoms with Gasteiger partial charge >= 0.3 is 0 Å². The number of para-hydroxylation sites is 1. The van der Waals surface area contributed by atoms with Crippen molar-refractivity contribution in [2.24, 2.45) is 5.73 Å².